The highest BCUT2D eigenvalue weighted by Crippen LogP contribution is 2.15. The van der Waals surface area contributed by atoms with Crippen LogP contribution in [0.5, 0.6) is 11.5 Å². The summed E-state index contributed by atoms with van der Waals surface area (Å²) in [7, 11) is 0. The number of rotatable bonds is 10. The SMILES string of the molecule is CC(=O)Oc1ccc(C(=O)COC(=O)c2ccc(C(=O)OCC(=O)c3ccc(OC(C)=O)cc3)cc2)cc1. The number of ketones is 2. The molecular formula is C28H22O10. The third-order valence-corrected chi connectivity index (χ3v) is 4.90. The van der Waals surface area contributed by atoms with E-state index in [-0.39, 0.29) is 33.8 Å². The van der Waals surface area contributed by atoms with E-state index >= 15 is 0 Å². The summed E-state index contributed by atoms with van der Waals surface area (Å²) in [6.45, 7) is 1.48. The summed E-state index contributed by atoms with van der Waals surface area (Å²) in [6.07, 6.45) is 0. The number of ether oxygens (including phenoxy) is 4. The van der Waals surface area contributed by atoms with Gasteiger partial charge in [0.2, 0.25) is 0 Å². The van der Waals surface area contributed by atoms with Crippen LogP contribution in [-0.4, -0.2) is 48.7 Å². The fourth-order valence-electron chi connectivity index (χ4n) is 3.09. The van der Waals surface area contributed by atoms with Crippen molar-refractivity contribution in [1.29, 1.82) is 0 Å². The first-order chi connectivity index (χ1) is 18.1. The predicted molar refractivity (Wildman–Crippen MR) is 131 cm³/mol. The van der Waals surface area contributed by atoms with Crippen LogP contribution in [0, 0.1) is 0 Å². The maximum absolute atomic E-state index is 12.3. The van der Waals surface area contributed by atoms with Crippen molar-refractivity contribution in [2.24, 2.45) is 0 Å². The Morgan fingerprint density at radius 1 is 0.474 bits per heavy atom. The van der Waals surface area contributed by atoms with Crippen LogP contribution in [0.1, 0.15) is 55.3 Å². The van der Waals surface area contributed by atoms with Crippen molar-refractivity contribution in [2.45, 2.75) is 13.8 Å². The van der Waals surface area contributed by atoms with E-state index in [1.165, 1.54) is 86.6 Å². The van der Waals surface area contributed by atoms with Gasteiger partial charge in [-0.3, -0.25) is 19.2 Å². The van der Waals surface area contributed by atoms with Crippen molar-refractivity contribution >= 4 is 35.4 Å². The lowest BCUT2D eigenvalue weighted by molar-refractivity contribution is -0.132. The van der Waals surface area contributed by atoms with Gasteiger partial charge < -0.3 is 18.9 Å². The molecule has 10 heteroatoms. The van der Waals surface area contributed by atoms with Crippen LogP contribution in [0.15, 0.2) is 72.8 Å². The second kappa shape index (κ2) is 12.7. The van der Waals surface area contributed by atoms with Crippen LogP contribution in [0.25, 0.3) is 0 Å². The van der Waals surface area contributed by atoms with Crippen LogP contribution in [0.3, 0.4) is 0 Å². The number of Topliss-reactive ketones (excluding diaryl/α,β-unsaturated/α-hetero) is 2. The third kappa shape index (κ3) is 7.95. The first-order valence-corrected chi connectivity index (χ1v) is 11.2. The molecule has 3 rings (SSSR count). The zero-order valence-electron chi connectivity index (χ0n) is 20.4. The van der Waals surface area contributed by atoms with E-state index < -0.39 is 48.7 Å². The van der Waals surface area contributed by atoms with Crippen LogP contribution >= 0.6 is 0 Å². The summed E-state index contributed by atoms with van der Waals surface area (Å²) in [5.41, 5.74) is 0.732. The van der Waals surface area contributed by atoms with Gasteiger partial charge in [-0.2, -0.15) is 0 Å². The molecule has 0 aromatic heterocycles. The molecule has 38 heavy (non-hydrogen) atoms. The van der Waals surface area contributed by atoms with Crippen molar-refractivity contribution < 1.29 is 47.7 Å². The Bertz CT molecular complexity index is 1250. The van der Waals surface area contributed by atoms with Gasteiger partial charge in [0, 0.05) is 25.0 Å². The highest BCUT2D eigenvalue weighted by Gasteiger charge is 2.15. The van der Waals surface area contributed by atoms with Crippen LogP contribution < -0.4 is 9.47 Å². The second-order valence-corrected chi connectivity index (χ2v) is 7.81. The predicted octanol–water partition coefficient (Wildman–Crippen LogP) is 3.62. The minimum absolute atomic E-state index is 0.100. The highest BCUT2D eigenvalue weighted by atomic mass is 16.5. The lowest BCUT2D eigenvalue weighted by atomic mass is 10.1. The maximum Gasteiger partial charge on any atom is 0.338 e. The Hall–Kier alpha value is -5.12. The smallest absolute Gasteiger partial charge is 0.338 e. The van der Waals surface area contributed by atoms with Gasteiger partial charge >= 0.3 is 23.9 Å². The number of hydrogen-bond donors (Lipinski definition) is 0. The molecule has 0 atom stereocenters. The summed E-state index contributed by atoms with van der Waals surface area (Å²) in [5, 5.41) is 0. The molecule has 0 radical (unpaired) electrons. The van der Waals surface area contributed by atoms with Crippen molar-refractivity contribution in [3.8, 4) is 11.5 Å². The largest absolute Gasteiger partial charge is 0.454 e. The lowest BCUT2D eigenvalue weighted by Crippen LogP contribution is -2.15. The van der Waals surface area contributed by atoms with Gasteiger partial charge in [0.15, 0.2) is 24.8 Å². The lowest BCUT2D eigenvalue weighted by Gasteiger charge is -2.07. The van der Waals surface area contributed by atoms with E-state index in [4.69, 9.17) is 18.9 Å². The highest BCUT2D eigenvalue weighted by molar-refractivity contribution is 6.01. The molecular weight excluding hydrogens is 496 g/mol. The van der Waals surface area contributed by atoms with Gasteiger partial charge in [-0.15, -0.1) is 0 Å². The van der Waals surface area contributed by atoms with Gasteiger partial charge in [-0.25, -0.2) is 9.59 Å². The Morgan fingerprint density at radius 2 is 0.763 bits per heavy atom. The van der Waals surface area contributed by atoms with E-state index in [0.29, 0.717) is 0 Å². The van der Waals surface area contributed by atoms with E-state index in [2.05, 4.69) is 0 Å². The standard InChI is InChI=1S/C28H22O10/c1-17(29)37-23-11-7-19(8-12-23)25(31)15-35-27(33)21-3-5-22(6-4-21)28(34)36-16-26(32)20-9-13-24(14-10-20)38-18(2)30/h3-14H,15-16H2,1-2H3. The third-order valence-electron chi connectivity index (χ3n) is 4.90. The van der Waals surface area contributed by atoms with Crippen molar-refractivity contribution in [1.82, 2.24) is 0 Å². The molecule has 10 nitrogen and oxygen atoms in total. The molecule has 0 saturated heterocycles. The zero-order valence-corrected chi connectivity index (χ0v) is 20.4. The molecule has 3 aromatic rings. The molecule has 0 N–H and O–H groups in total. The Balaban J connectivity index is 1.48. The Kier molecular flexibility index (Phi) is 9.20. The molecule has 194 valence electrons. The minimum Gasteiger partial charge on any atom is -0.454 e. The monoisotopic (exact) mass is 518 g/mol. The van der Waals surface area contributed by atoms with E-state index in [9.17, 15) is 28.8 Å². The van der Waals surface area contributed by atoms with Crippen LogP contribution in [0.2, 0.25) is 0 Å². The second-order valence-electron chi connectivity index (χ2n) is 7.81. The fourth-order valence-corrected chi connectivity index (χ4v) is 3.09. The first kappa shape index (κ1) is 27.5. The topological polar surface area (TPSA) is 139 Å². The van der Waals surface area contributed by atoms with Gasteiger partial charge in [0.25, 0.3) is 0 Å². The van der Waals surface area contributed by atoms with Gasteiger partial charge in [-0.05, 0) is 72.8 Å². The summed E-state index contributed by atoms with van der Waals surface area (Å²) < 4.78 is 19.9. The summed E-state index contributed by atoms with van der Waals surface area (Å²) in [5.74, 6) is -2.89. The van der Waals surface area contributed by atoms with Crippen molar-refractivity contribution in [3.63, 3.8) is 0 Å². The van der Waals surface area contributed by atoms with Crippen molar-refractivity contribution in [3.05, 3.63) is 95.1 Å². The quantitative estimate of drug-likeness (QED) is 0.222. The molecule has 0 unspecified atom stereocenters. The van der Waals surface area contributed by atoms with Crippen LogP contribution in [-0.2, 0) is 19.1 Å². The maximum atomic E-state index is 12.3. The number of hydrogen-bond acceptors (Lipinski definition) is 10. The van der Waals surface area contributed by atoms with E-state index in [1.54, 1.807) is 0 Å². The molecule has 3 aromatic carbocycles. The normalized spacial score (nSPS) is 10.2. The van der Waals surface area contributed by atoms with Crippen LogP contribution in [0.4, 0.5) is 0 Å². The number of carbonyl (C=O) groups excluding carboxylic acids is 6. The van der Waals surface area contributed by atoms with Gasteiger partial charge in [0.1, 0.15) is 11.5 Å². The fraction of sp³-hybridized carbons (Fsp3) is 0.143. The summed E-state index contributed by atoms with van der Waals surface area (Å²) in [6, 6.07) is 16.9. The van der Waals surface area contributed by atoms with Gasteiger partial charge in [0.05, 0.1) is 11.1 Å². The molecule has 0 spiro atoms. The number of benzene rings is 3. The molecule has 0 heterocycles. The first-order valence-electron chi connectivity index (χ1n) is 11.2. The summed E-state index contributed by atoms with van der Waals surface area (Å²) >= 11 is 0. The molecule has 0 saturated carbocycles. The molecule has 0 aliphatic carbocycles. The zero-order chi connectivity index (χ0) is 27.7. The Labute approximate surface area is 217 Å². The average molecular weight is 518 g/mol. The van der Waals surface area contributed by atoms with E-state index in [0.717, 1.165) is 0 Å². The summed E-state index contributed by atoms with van der Waals surface area (Å²) in [4.78, 5) is 71.0. The minimum atomic E-state index is -0.776. The molecule has 0 bridgehead atoms. The average Bonchev–Trinajstić information content (AvgIpc) is 2.90. The molecule has 0 aliphatic rings. The Morgan fingerprint density at radius 3 is 1.05 bits per heavy atom. The van der Waals surface area contributed by atoms with Crippen molar-refractivity contribution in [2.75, 3.05) is 13.2 Å². The molecule has 0 fully saturated rings. The number of carbonyl (C=O) groups is 6. The molecule has 0 amide bonds. The molecule has 0 aliphatic heterocycles. The van der Waals surface area contributed by atoms with Gasteiger partial charge in [-0.1, -0.05) is 0 Å². The number of esters is 4. The van der Waals surface area contributed by atoms with E-state index in [1.807, 2.05) is 0 Å².